The van der Waals surface area contributed by atoms with Crippen LogP contribution in [-0.4, -0.2) is 43.3 Å². The molecular formula is C29H30N2O8. The Morgan fingerprint density at radius 3 is 1.82 bits per heavy atom. The second-order valence-electron chi connectivity index (χ2n) is 8.25. The Morgan fingerprint density at radius 2 is 1.26 bits per heavy atom. The van der Waals surface area contributed by atoms with Crippen LogP contribution in [0.2, 0.25) is 0 Å². The Hall–Kier alpha value is -4.86. The van der Waals surface area contributed by atoms with Gasteiger partial charge in [-0.05, 0) is 35.7 Å². The van der Waals surface area contributed by atoms with Gasteiger partial charge in [0.15, 0.2) is 0 Å². The monoisotopic (exact) mass is 534 g/mol. The lowest BCUT2D eigenvalue weighted by Gasteiger charge is -2.17. The molecule has 3 rings (SSSR count). The Morgan fingerprint density at radius 1 is 0.692 bits per heavy atom. The number of amides is 2. The van der Waals surface area contributed by atoms with E-state index >= 15 is 0 Å². The van der Waals surface area contributed by atoms with Crippen molar-refractivity contribution in [3.05, 3.63) is 102 Å². The van der Waals surface area contributed by atoms with Crippen molar-refractivity contribution in [2.45, 2.75) is 32.6 Å². The number of esters is 2. The molecule has 3 aromatic rings. The Balaban J connectivity index is 1.45. The maximum atomic E-state index is 12.4. The molecule has 204 valence electrons. The summed E-state index contributed by atoms with van der Waals surface area (Å²) in [7, 11) is 0. The molecule has 0 spiro atoms. The Labute approximate surface area is 226 Å². The number of carbonyl (C=O) groups is 4. The molecule has 0 aliphatic heterocycles. The molecule has 0 aliphatic rings. The van der Waals surface area contributed by atoms with Crippen LogP contribution in [0.25, 0.3) is 0 Å². The van der Waals surface area contributed by atoms with Crippen molar-refractivity contribution in [2.75, 3.05) is 13.2 Å². The van der Waals surface area contributed by atoms with Crippen LogP contribution in [0.1, 0.15) is 23.6 Å². The predicted molar refractivity (Wildman–Crippen MR) is 141 cm³/mol. The highest BCUT2D eigenvalue weighted by molar-refractivity contribution is 5.82. The summed E-state index contributed by atoms with van der Waals surface area (Å²) in [6.45, 7) is 1.58. The highest BCUT2D eigenvalue weighted by Gasteiger charge is 2.23. The van der Waals surface area contributed by atoms with Crippen LogP contribution in [0.4, 0.5) is 9.59 Å². The highest BCUT2D eigenvalue weighted by Crippen LogP contribution is 2.14. The number of hydrogen-bond acceptors (Lipinski definition) is 8. The normalized spacial score (nSPS) is 11.0. The van der Waals surface area contributed by atoms with Crippen molar-refractivity contribution in [3.8, 4) is 5.75 Å². The average Bonchev–Trinajstić information content (AvgIpc) is 2.96. The largest absolute Gasteiger partial charge is 0.464 e. The summed E-state index contributed by atoms with van der Waals surface area (Å²) in [6, 6.07) is 23.7. The third kappa shape index (κ3) is 10.6. The summed E-state index contributed by atoms with van der Waals surface area (Å²) < 4.78 is 20.6. The molecule has 3 aromatic carbocycles. The van der Waals surface area contributed by atoms with Gasteiger partial charge in [0.1, 0.15) is 31.5 Å². The highest BCUT2D eigenvalue weighted by atomic mass is 16.6. The molecule has 2 amide bonds. The zero-order chi connectivity index (χ0) is 27.9. The van der Waals surface area contributed by atoms with E-state index in [2.05, 4.69) is 10.6 Å². The fourth-order valence-corrected chi connectivity index (χ4v) is 3.36. The molecule has 0 radical (unpaired) electrons. The van der Waals surface area contributed by atoms with Crippen LogP contribution in [-0.2, 0) is 43.4 Å². The van der Waals surface area contributed by atoms with Gasteiger partial charge in [0, 0.05) is 6.42 Å². The number of alkyl carbamates (subject to hydrolysis) is 2. The molecule has 0 fully saturated rings. The van der Waals surface area contributed by atoms with Gasteiger partial charge in [-0.15, -0.1) is 0 Å². The summed E-state index contributed by atoms with van der Waals surface area (Å²) in [5.41, 5.74) is 2.31. The van der Waals surface area contributed by atoms with E-state index in [1.807, 2.05) is 60.7 Å². The molecule has 2 N–H and O–H groups in total. The van der Waals surface area contributed by atoms with Crippen molar-refractivity contribution in [1.29, 1.82) is 0 Å². The van der Waals surface area contributed by atoms with Gasteiger partial charge in [-0.2, -0.15) is 0 Å². The first-order valence-corrected chi connectivity index (χ1v) is 12.3. The molecule has 10 nitrogen and oxygen atoms in total. The molecule has 1 atom stereocenters. The maximum Gasteiger partial charge on any atom is 0.408 e. The van der Waals surface area contributed by atoms with Crippen LogP contribution < -0.4 is 15.4 Å². The minimum absolute atomic E-state index is 0.0574. The smallest absolute Gasteiger partial charge is 0.408 e. The molecular weight excluding hydrogens is 504 g/mol. The number of nitrogens with one attached hydrogen (secondary N) is 2. The van der Waals surface area contributed by atoms with Crippen molar-refractivity contribution in [3.63, 3.8) is 0 Å². The maximum absolute atomic E-state index is 12.4. The zero-order valence-electron chi connectivity index (χ0n) is 21.5. The summed E-state index contributed by atoms with van der Waals surface area (Å²) >= 11 is 0. The van der Waals surface area contributed by atoms with Gasteiger partial charge >= 0.3 is 24.1 Å². The van der Waals surface area contributed by atoms with Crippen LogP contribution >= 0.6 is 0 Å². The first kappa shape index (κ1) is 28.7. The molecule has 0 saturated heterocycles. The Bertz CT molecular complexity index is 1220. The SMILES string of the molecule is CCOC(=O)[C@@H](Cc1ccc(OC(=O)CNC(=O)OCc2ccccc2)cc1)NC(=O)OCc1ccccc1. The summed E-state index contributed by atoms with van der Waals surface area (Å²) in [5.74, 6) is -1.05. The minimum atomic E-state index is -0.979. The number of rotatable bonds is 12. The summed E-state index contributed by atoms with van der Waals surface area (Å²) in [4.78, 5) is 48.6. The van der Waals surface area contributed by atoms with E-state index in [1.165, 1.54) is 12.1 Å². The van der Waals surface area contributed by atoms with Crippen LogP contribution in [0.3, 0.4) is 0 Å². The lowest BCUT2D eigenvalue weighted by atomic mass is 10.1. The van der Waals surface area contributed by atoms with Gasteiger partial charge in [-0.25, -0.2) is 19.2 Å². The lowest BCUT2D eigenvalue weighted by Crippen LogP contribution is -2.43. The van der Waals surface area contributed by atoms with E-state index < -0.39 is 30.2 Å². The molecule has 0 aromatic heterocycles. The second-order valence-corrected chi connectivity index (χ2v) is 8.25. The third-order valence-corrected chi connectivity index (χ3v) is 5.26. The van der Waals surface area contributed by atoms with E-state index in [1.54, 1.807) is 19.1 Å². The van der Waals surface area contributed by atoms with Gasteiger partial charge in [0.2, 0.25) is 0 Å². The first-order chi connectivity index (χ1) is 18.9. The fourth-order valence-electron chi connectivity index (χ4n) is 3.36. The number of carbonyl (C=O) groups excluding carboxylic acids is 4. The summed E-state index contributed by atoms with van der Waals surface area (Å²) in [5, 5.41) is 4.88. The number of ether oxygens (including phenoxy) is 4. The zero-order valence-corrected chi connectivity index (χ0v) is 21.5. The lowest BCUT2D eigenvalue weighted by molar-refractivity contribution is -0.145. The van der Waals surface area contributed by atoms with Gasteiger partial charge in [0.05, 0.1) is 6.61 Å². The van der Waals surface area contributed by atoms with Gasteiger partial charge in [0.25, 0.3) is 0 Å². The van der Waals surface area contributed by atoms with E-state index in [9.17, 15) is 19.2 Å². The number of hydrogen-bond donors (Lipinski definition) is 2. The molecule has 39 heavy (non-hydrogen) atoms. The second kappa shape index (κ2) is 15.4. The van der Waals surface area contributed by atoms with Crippen LogP contribution in [0.5, 0.6) is 5.75 Å². The molecule has 10 heteroatoms. The quantitative estimate of drug-likeness (QED) is 0.203. The minimum Gasteiger partial charge on any atom is -0.464 e. The van der Waals surface area contributed by atoms with Crippen molar-refractivity contribution in [1.82, 2.24) is 10.6 Å². The van der Waals surface area contributed by atoms with E-state index in [0.29, 0.717) is 5.56 Å². The topological polar surface area (TPSA) is 129 Å². The van der Waals surface area contributed by atoms with E-state index in [4.69, 9.17) is 18.9 Å². The van der Waals surface area contributed by atoms with Crippen molar-refractivity contribution in [2.24, 2.45) is 0 Å². The third-order valence-electron chi connectivity index (χ3n) is 5.26. The standard InChI is InChI=1S/C29H30N2O8/c1-2-36-27(33)25(31-29(35)38-20-23-11-7-4-8-12-23)17-21-13-15-24(16-14-21)39-26(32)18-30-28(34)37-19-22-9-5-3-6-10-22/h3-16,25H,2,17-20H2,1H3,(H,30,34)(H,31,35)/t25-/m1/s1. The Kier molecular flexibility index (Phi) is 11.3. The molecule has 0 heterocycles. The molecule has 0 unspecified atom stereocenters. The first-order valence-electron chi connectivity index (χ1n) is 12.3. The average molecular weight is 535 g/mol. The van der Waals surface area contributed by atoms with Crippen molar-refractivity contribution >= 4 is 24.1 Å². The fraction of sp³-hybridized carbons (Fsp3) is 0.241. The van der Waals surface area contributed by atoms with E-state index in [0.717, 1.165) is 11.1 Å². The summed E-state index contributed by atoms with van der Waals surface area (Å²) in [6.07, 6.45) is -1.37. The molecule has 0 aliphatic carbocycles. The molecule has 0 bridgehead atoms. The van der Waals surface area contributed by atoms with Crippen molar-refractivity contribution < 1.29 is 38.1 Å². The predicted octanol–water partition coefficient (Wildman–Crippen LogP) is 3.92. The number of benzene rings is 3. The van der Waals surface area contributed by atoms with Gasteiger partial charge in [-0.1, -0.05) is 72.8 Å². The van der Waals surface area contributed by atoms with Gasteiger partial charge in [-0.3, -0.25) is 0 Å². The van der Waals surface area contributed by atoms with E-state index in [-0.39, 0.29) is 38.5 Å². The molecule has 0 saturated carbocycles. The van der Waals surface area contributed by atoms with Gasteiger partial charge < -0.3 is 29.6 Å². The van der Waals surface area contributed by atoms with Crippen LogP contribution in [0.15, 0.2) is 84.9 Å². The van der Waals surface area contributed by atoms with Crippen LogP contribution in [0, 0.1) is 0 Å².